The van der Waals surface area contributed by atoms with Crippen molar-refractivity contribution in [2.24, 2.45) is 10.8 Å². The van der Waals surface area contributed by atoms with E-state index in [4.69, 9.17) is 18.0 Å². The van der Waals surface area contributed by atoms with Crippen LogP contribution in [0.5, 0.6) is 0 Å². The maximum absolute atomic E-state index is 15.3. The standard InChI is InChI=1S/C25H31F4N7S/c1-33(2)20-7-8-36(16-20)22-14-23(21(26)13-17(22)15-31-32-24(30)37)35-11-9-34(10-12-35)19-5-3-18(4-6-19)25(27,28)29/h3-6,13-15,20H,7-12,16H2,1-2H3,(H3,30,32,37). The summed E-state index contributed by atoms with van der Waals surface area (Å²) in [5.74, 6) is -0.369. The molecule has 1 atom stereocenters. The third-order valence-electron chi connectivity index (χ3n) is 6.89. The maximum Gasteiger partial charge on any atom is 0.416 e. The average Bonchev–Trinajstić information content (AvgIpc) is 3.34. The summed E-state index contributed by atoms with van der Waals surface area (Å²) in [6.07, 6.45) is -1.85. The molecule has 0 bridgehead atoms. The van der Waals surface area contributed by atoms with E-state index in [0.717, 1.165) is 43.0 Å². The van der Waals surface area contributed by atoms with Crippen molar-refractivity contribution in [2.45, 2.75) is 18.6 Å². The van der Waals surface area contributed by atoms with E-state index >= 15 is 4.39 Å². The first-order valence-corrected chi connectivity index (χ1v) is 12.4. The highest BCUT2D eigenvalue weighted by Crippen LogP contribution is 2.34. The van der Waals surface area contributed by atoms with Gasteiger partial charge in [-0.15, -0.1) is 0 Å². The minimum Gasteiger partial charge on any atom is -0.375 e. The Balaban J connectivity index is 1.53. The largest absolute Gasteiger partial charge is 0.416 e. The number of anilines is 3. The SMILES string of the molecule is CN(C)C1CCN(c2cc(N3CCN(c4ccc(C(F)(F)F)cc4)CC3)c(F)cc2C=NNC(N)=S)C1. The highest BCUT2D eigenvalue weighted by Gasteiger charge is 2.31. The molecule has 2 aliphatic rings. The van der Waals surface area contributed by atoms with E-state index in [9.17, 15) is 13.2 Å². The second kappa shape index (κ2) is 11.1. The number of likely N-dealkylation sites (N-methyl/N-ethyl adjacent to an activating group) is 1. The number of halogens is 4. The van der Waals surface area contributed by atoms with Crippen molar-refractivity contribution in [3.8, 4) is 0 Å². The topological polar surface area (TPSA) is 63.4 Å². The molecule has 7 nitrogen and oxygen atoms in total. The molecule has 2 aromatic rings. The zero-order valence-corrected chi connectivity index (χ0v) is 21.6. The Kier molecular flexibility index (Phi) is 8.08. The van der Waals surface area contributed by atoms with Crippen molar-refractivity contribution in [2.75, 3.05) is 68.1 Å². The first-order valence-electron chi connectivity index (χ1n) is 12.0. The summed E-state index contributed by atoms with van der Waals surface area (Å²) in [4.78, 5) is 8.41. The lowest BCUT2D eigenvalue weighted by Gasteiger charge is -2.38. The van der Waals surface area contributed by atoms with Gasteiger partial charge in [0.1, 0.15) is 5.82 Å². The molecule has 0 amide bonds. The van der Waals surface area contributed by atoms with Crippen molar-refractivity contribution >= 4 is 40.6 Å². The van der Waals surface area contributed by atoms with Gasteiger partial charge < -0.3 is 25.3 Å². The number of hydrogen-bond donors (Lipinski definition) is 2. The van der Waals surface area contributed by atoms with E-state index in [1.54, 1.807) is 0 Å². The second-order valence-electron chi connectivity index (χ2n) is 9.47. The summed E-state index contributed by atoms with van der Waals surface area (Å²) in [7, 11) is 4.10. The van der Waals surface area contributed by atoms with Gasteiger partial charge >= 0.3 is 6.18 Å². The minimum atomic E-state index is -4.36. The third kappa shape index (κ3) is 6.42. The Hall–Kier alpha value is -3.12. The van der Waals surface area contributed by atoms with Gasteiger partial charge in [0.25, 0.3) is 0 Å². The Morgan fingerprint density at radius 3 is 2.24 bits per heavy atom. The van der Waals surface area contributed by atoms with Crippen LogP contribution in [0, 0.1) is 5.82 Å². The molecule has 0 saturated carbocycles. The molecule has 2 fully saturated rings. The fourth-order valence-electron chi connectivity index (χ4n) is 4.80. The molecule has 2 aliphatic heterocycles. The van der Waals surface area contributed by atoms with E-state index in [0.29, 0.717) is 43.5 Å². The molecule has 2 heterocycles. The van der Waals surface area contributed by atoms with Gasteiger partial charge in [0.15, 0.2) is 5.11 Å². The van der Waals surface area contributed by atoms with Crippen LogP contribution < -0.4 is 25.9 Å². The van der Waals surface area contributed by atoms with Gasteiger partial charge in [-0.05, 0) is 69.1 Å². The predicted molar refractivity (Wildman–Crippen MR) is 144 cm³/mol. The van der Waals surface area contributed by atoms with E-state index in [-0.39, 0.29) is 10.9 Å². The summed E-state index contributed by atoms with van der Waals surface area (Å²) in [6.45, 7) is 3.84. The molecule has 2 aromatic carbocycles. The number of rotatable bonds is 6. The molecular weight excluding hydrogens is 506 g/mol. The highest BCUT2D eigenvalue weighted by atomic mass is 32.1. The Labute approximate surface area is 219 Å². The number of piperazine rings is 1. The normalized spacial score (nSPS) is 18.8. The summed E-state index contributed by atoms with van der Waals surface area (Å²) in [5, 5.41) is 4.06. The number of nitrogens with zero attached hydrogens (tertiary/aromatic N) is 5. The molecule has 37 heavy (non-hydrogen) atoms. The molecule has 1 unspecified atom stereocenters. The number of nitrogens with two attached hydrogens (primary N) is 1. The van der Waals surface area contributed by atoms with Crippen molar-refractivity contribution in [3.63, 3.8) is 0 Å². The Morgan fingerprint density at radius 1 is 1.03 bits per heavy atom. The van der Waals surface area contributed by atoms with Crippen LogP contribution in [0.2, 0.25) is 0 Å². The molecule has 12 heteroatoms. The number of hydrazone groups is 1. The van der Waals surface area contributed by atoms with Gasteiger partial charge in [-0.3, -0.25) is 5.43 Å². The lowest BCUT2D eigenvalue weighted by Crippen LogP contribution is -2.47. The van der Waals surface area contributed by atoms with Crippen LogP contribution in [0.4, 0.5) is 34.6 Å². The first kappa shape index (κ1) is 26.9. The van der Waals surface area contributed by atoms with Crippen molar-refractivity contribution in [1.29, 1.82) is 0 Å². The monoisotopic (exact) mass is 537 g/mol. The van der Waals surface area contributed by atoms with Crippen molar-refractivity contribution in [1.82, 2.24) is 10.3 Å². The van der Waals surface area contributed by atoms with Gasteiger partial charge in [-0.25, -0.2) is 4.39 Å². The fourth-order valence-corrected chi connectivity index (χ4v) is 4.85. The summed E-state index contributed by atoms with van der Waals surface area (Å²) < 4.78 is 54.0. The van der Waals surface area contributed by atoms with Gasteiger partial charge in [0, 0.05) is 62.2 Å². The van der Waals surface area contributed by atoms with Gasteiger partial charge in [-0.1, -0.05) is 0 Å². The number of hydrogen-bond acceptors (Lipinski definition) is 6. The number of thiocarbonyl (C=S) groups is 1. The zero-order valence-electron chi connectivity index (χ0n) is 20.8. The molecule has 0 aliphatic carbocycles. The summed E-state index contributed by atoms with van der Waals surface area (Å²) in [5.41, 5.74) is 10.0. The van der Waals surface area contributed by atoms with Crippen LogP contribution in [-0.4, -0.2) is 75.6 Å². The third-order valence-corrected chi connectivity index (χ3v) is 6.98. The number of alkyl halides is 3. The van der Waals surface area contributed by atoms with Crippen LogP contribution in [0.3, 0.4) is 0 Å². The van der Waals surface area contributed by atoms with Crippen molar-refractivity contribution < 1.29 is 17.6 Å². The smallest absolute Gasteiger partial charge is 0.375 e. The molecule has 0 aromatic heterocycles. The van der Waals surface area contributed by atoms with Crippen LogP contribution in [0.25, 0.3) is 0 Å². The quantitative estimate of drug-likeness (QED) is 0.253. The Bertz CT molecular complexity index is 1130. The highest BCUT2D eigenvalue weighted by molar-refractivity contribution is 7.80. The first-order chi connectivity index (χ1) is 17.5. The summed E-state index contributed by atoms with van der Waals surface area (Å²) in [6, 6.07) is 8.89. The second-order valence-corrected chi connectivity index (χ2v) is 9.91. The lowest BCUT2D eigenvalue weighted by molar-refractivity contribution is -0.137. The molecule has 2 saturated heterocycles. The fraction of sp³-hybridized carbons (Fsp3) is 0.440. The lowest BCUT2D eigenvalue weighted by atomic mass is 10.1. The number of nitrogens with one attached hydrogen (secondary N) is 1. The molecular formula is C25H31F4N7S. The maximum atomic E-state index is 15.3. The van der Waals surface area contributed by atoms with E-state index in [1.807, 2.05) is 15.9 Å². The molecule has 0 radical (unpaired) electrons. The molecule has 4 rings (SSSR count). The summed E-state index contributed by atoms with van der Waals surface area (Å²) >= 11 is 4.80. The van der Waals surface area contributed by atoms with E-state index in [2.05, 4.69) is 34.4 Å². The number of benzene rings is 2. The van der Waals surface area contributed by atoms with E-state index in [1.165, 1.54) is 24.4 Å². The van der Waals surface area contributed by atoms with Gasteiger partial charge in [0.2, 0.25) is 0 Å². The predicted octanol–water partition coefficient (Wildman–Crippen LogP) is 3.48. The van der Waals surface area contributed by atoms with Crippen LogP contribution in [-0.2, 0) is 6.18 Å². The molecule has 0 spiro atoms. The van der Waals surface area contributed by atoms with Gasteiger partial charge in [-0.2, -0.15) is 18.3 Å². The van der Waals surface area contributed by atoms with Gasteiger partial charge in [0.05, 0.1) is 17.5 Å². The van der Waals surface area contributed by atoms with E-state index < -0.39 is 11.7 Å². The molecule has 200 valence electrons. The Morgan fingerprint density at radius 2 is 1.68 bits per heavy atom. The van der Waals surface area contributed by atoms with Crippen LogP contribution >= 0.6 is 12.2 Å². The van der Waals surface area contributed by atoms with Crippen LogP contribution in [0.15, 0.2) is 41.5 Å². The van der Waals surface area contributed by atoms with Crippen LogP contribution in [0.1, 0.15) is 17.5 Å². The minimum absolute atomic E-state index is 0.0228. The zero-order chi connectivity index (χ0) is 26.7. The average molecular weight is 538 g/mol. The van der Waals surface area contributed by atoms with Crippen molar-refractivity contribution in [3.05, 3.63) is 53.3 Å². The molecule has 3 N–H and O–H groups in total.